The van der Waals surface area contributed by atoms with Crippen molar-refractivity contribution < 1.29 is 4.21 Å². The predicted octanol–water partition coefficient (Wildman–Crippen LogP) is 1.70. The average molecular weight is 203 g/mol. The van der Waals surface area contributed by atoms with E-state index < -0.39 is 10.8 Å². The van der Waals surface area contributed by atoms with Crippen molar-refractivity contribution in [2.24, 2.45) is 0 Å². The van der Waals surface area contributed by atoms with Crippen molar-refractivity contribution in [1.82, 2.24) is 5.32 Å². The lowest BCUT2D eigenvalue weighted by Crippen LogP contribution is -2.22. The standard InChI is InChI=1S/C10H21NOS/c1-9(2)5-7-11-8-6-10(3)13(4)12/h10-11H,1,5-8H2,2-4H3. The first-order valence-electron chi connectivity index (χ1n) is 4.71. The summed E-state index contributed by atoms with van der Waals surface area (Å²) >= 11 is 0. The molecule has 0 aromatic carbocycles. The van der Waals surface area contributed by atoms with E-state index in [1.807, 2.05) is 13.8 Å². The summed E-state index contributed by atoms with van der Waals surface area (Å²) in [6, 6.07) is 0. The van der Waals surface area contributed by atoms with Gasteiger partial charge in [0, 0.05) is 22.3 Å². The molecule has 0 aromatic rings. The van der Waals surface area contributed by atoms with E-state index in [0.717, 1.165) is 25.9 Å². The Balaban J connectivity index is 3.26. The summed E-state index contributed by atoms with van der Waals surface area (Å²) in [5.74, 6) is 0. The third-order valence-electron chi connectivity index (χ3n) is 2.02. The normalized spacial score (nSPS) is 15.3. The van der Waals surface area contributed by atoms with Crippen LogP contribution in [-0.2, 0) is 10.8 Å². The van der Waals surface area contributed by atoms with Crippen LogP contribution >= 0.6 is 0 Å². The molecule has 2 nitrogen and oxygen atoms in total. The van der Waals surface area contributed by atoms with Crippen LogP contribution in [0.4, 0.5) is 0 Å². The van der Waals surface area contributed by atoms with Gasteiger partial charge in [0.05, 0.1) is 0 Å². The number of hydrogen-bond donors (Lipinski definition) is 1. The molecule has 0 heterocycles. The van der Waals surface area contributed by atoms with E-state index in [4.69, 9.17) is 0 Å². The van der Waals surface area contributed by atoms with Crippen LogP contribution in [0.1, 0.15) is 26.7 Å². The summed E-state index contributed by atoms with van der Waals surface area (Å²) in [4.78, 5) is 0. The third kappa shape index (κ3) is 8.19. The highest BCUT2D eigenvalue weighted by molar-refractivity contribution is 7.84. The van der Waals surface area contributed by atoms with Crippen LogP contribution < -0.4 is 5.32 Å². The molecule has 0 rings (SSSR count). The molecule has 0 aliphatic heterocycles. The van der Waals surface area contributed by atoms with Crippen molar-refractivity contribution in [1.29, 1.82) is 0 Å². The lowest BCUT2D eigenvalue weighted by atomic mass is 10.2. The Labute approximate surface area is 84.3 Å². The van der Waals surface area contributed by atoms with E-state index in [1.165, 1.54) is 5.57 Å². The van der Waals surface area contributed by atoms with Crippen LogP contribution in [0.5, 0.6) is 0 Å². The van der Waals surface area contributed by atoms with Gasteiger partial charge in [0.15, 0.2) is 0 Å². The van der Waals surface area contributed by atoms with Crippen molar-refractivity contribution in [3.05, 3.63) is 12.2 Å². The molecule has 2 unspecified atom stereocenters. The Morgan fingerprint density at radius 2 is 2.15 bits per heavy atom. The summed E-state index contributed by atoms with van der Waals surface area (Å²) in [6.07, 6.45) is 3.78. The topological polar surface area (TPSA) is 29.1 Å². The first kappa shape index (κ1) is 12.8. The van der Waals surface area contributed by atoms with E-state index in [-0.39, 0.29) is 0 Å². The Morgan fingerprint density at radius 1 is 1.54 bits per heavy atom. The minimum atomic E-state index is -0.682. The van der Waals surface area contributed by atoms with Gasteiger partial charge in [-0.3, -0.25) is 4.21 Å². The maximum atomic E-state index is 11.0. The molecule has 2 atom stereocenters. The molecule has 0 aliphatic rings. The smallest absolute Gasteiger partial charge is 0.0329 e. The zero-order valence-corrected chi connectivity index (χ0v) is 9.75. The van der Waals surface area contributed by atoms with E-state index in [9.17, 15) is 4.21 Å². The lowest BCUT2D eigenvalue weighted by molar-refractivity contribution is 0.627. The second-order valence-corrected chi connectivity index (χ2v) is 5.36. The Morgan fingerprint density at radius 3 is 2.62 bits per heavy atom. The van der Waals surface area contributed by atoms with Crippen molar-refractivity contribution in [3.63, 3.8) is 0 Å². The second kappa shape index (κ2) is 7.27. The van der Waals surface area contributed by atoms with Crippen LogP contribution in [0.2, 0.25) is 0 Å². The monoisotopic (exact) mass is 203 g/mol. The van der Waals surface area contributed by atoms with Crippen molar-refractivity contribution in [2.75, 3.05) is 19.3 Å². The van der Waals surface area contributed by atoms with Crippen LogP contribution in [-0.4, -0.2) is 28.8 Å². The third-order valence-corrected chi connectivity index (χ3v) is 3.39. The van der Waals surface area contributed by atoms with Gasteiger partial charge in [0.25, 0.3) is 0 Å². The van der Waals surface area contributed by atoms with Gasteiger partial charge in [-0.2, -0.15) is 0 Å². The largest absolute Gasteiger partial charge is 0.316 e. The SMILES string of the molecule is C=C(C)CCNCCC(C)S(C)=O. The molecule has 0 saturated carbocycles. The van der Waals surface area contributed by atoms with Gasteiger partial charge in [-0.25, -0.2) is 0 Å². The van der Waals surface area contributed by atoms with Crippen LogP contribution in [0.3, 0.4) is 0 Å². The zero-order valence-electron chi connectivity index (χ0n) is 8.93. The minimum Gasteiger partial charge on any atom is -0.316 e. The Hall–Kier alpha value is -0.150. The van der Waals surface area contributed by atoms with Gasteiger partial charge >= 0.3 is 0 Å². The molecule has 1 N–H and O–H groups in total. The summed E-state index contributed by atoms with van der Waals surface area (Å²) in [5.41, 5.74) is 1.21. The van der Waals surface area contributed by atoms with E-state index in [0.29, 0.717) is 5.25 Å². The maximum absolute atomic E-state index is 11.0. The number of hydrogen-bond acceptors (Lipinski definition) is 2. The molecule has 0 amide bonds. The summed E-state index contributed by atoms with van der Waals surface area (Å²) < 4.78 is 11.0. The Bertz CT molecular complexity index is 180. The molecule has 0 aliphatic carbocycles. The lowest BCUT2D eigenvalue weighted by Gasteiger charge is -2.08. The highest BCUT2D eigenvalue weighted by Gasteiger charge is 2.04. The second-order valence-electron chi connectivity index (χ2n) is 3.55. The van der Waals surface area contributed by atoms with Gasteiger partial charge < -0.3 is 5.32 Å². The molecule has 0 aromatic heterocycles. The van der Waals surface area contributed by atoms with Crippen molar-refractivity contribution >= 4 is 10.8 Å². The zero-order chi connectivity index (χ0) is 10.3. The molecule has 78 valence electrons. The fourth-order valence-electron chi connectivity index (χ4n) is 0.898. The predicted molar refractivity (Wildman–Crippen MR) is 60.4 cm³/mol. The molecule has 0 bridgehead atoms. The maximum Gasteiger partial charge on any atom is 0.0329 e. The molecule has 0 radical (unpaired) electrons. The molecular formula is C10H21NOS. The van der Waals surface area contributed by atoms with Gasteiger partial charge in [0.1, 0.15) is 0 Å². The first-order chi connectivity index (χ1) is 6.04. The van der Waals surface area contributed by atoms with E-state index >= 15 is 0 Å². The molecule has 0 saturated heterocycles. The summed E-state index contributed by atoms with van der Waals surface area (Å²) in [5, 5.41) is 3.61. The van der Waals surface area contributed by atoms with Gasteiger partial charge in [-0.15, -0.1) is 6.58 Å². The van der Waals surface area contributed by atoms with Crippen LogP contribution in [0, 0.1) is 0 Å². The van der Waals surface area contributed by atoms with Crippen LogP contribution in [0.25, 0.3) is 0 Å². The fraction of sp³-hybridized carbons (Fsp3) is 0.800. The molecule has 13 heavy (non-hydrogen) atoms. The highest BCUT2D eigenvalue weighted by Crippen LogP contribution is 1.97. The van der Waals surface area contributed by atoms with Crippen molar-refractivity contribution in [3.8, 4) is 0 Å². The molecule has 0 spiro atoms. The molecule has 3 heteroatoms. The van der Waals surface area contributed by atoms with E-state index in [2.05, 4.69) is 11.9 Å². The quantitative estimate of drug-likeness (QED) is 0.504. The number of nitrogens with one attached hydrogen (secondary N) is 1. The molecule has 0 fully saturated rings. The highest BCUT2D eigenvalue weighted by atomic mass is 32.2. The Kier molecular flexibility index (Phi) is 7.19. The minimum absolute atomic E-state index is 0.303. The van der Waals surface area contributed by atoms with Crippen molar-refractivity contribution in [2.45, 2.75) is 31.9 Å². The van der Waals surface area contributed by atoms with Gasteiger partial charge in [0.2, 0.25) is 0 Å². The molecular weight excluding hydrogens is 182 g/mol. The summed E-state index contributed by atoms with van der Waals surface area (Å²) in [6.45, 7) is 9.82. The summed E-state index contributed by atoms with van der Waals surface area (Å²) in [7, 11) is -0.682. The van der Waals surface area contributed by atoms with Gasteiger partial charge in [-0.05, 0) is 32.9 Å². The van der Waals surface area contributed by atoms with Crippen LogP contribution in [0.15, 0.2) is 12.2 Å². The average Bonchev–Trinajstić information content (AvgIpc) is 2.02. The van der Waals surface area contributed by atoms with Gasteiger partial charge in [-0.1, -0.05) is 12.5 Å². The van der Waals surface area contributed by atoms with E-state index in [1.54, 1.807) is 6.26 Å². The first-order valence-corrected chi connectivity index (χ1v) is 6.33. The fourth-order valence-corrected chi connectivity index (χ4v) is 1.35. The number of rotatable bonds is 7.